The number of carboxylic acid groups (broad SMARTS) is 1. The van der Waals surface area contributed by atoms with Crippen LogP contribution in [0.3, 0.4) is 0 Å². The zero-order chi connectivity index (χ0) is 10.9. The number of ether oxygens (including phenoxy) is 2. The minimum Gasteiger partial charge on any atom is -0.479 e. The predicted octanol–water partition coefficient (Wildman–Crippen LogP) is 0.570. The molecule has 0 aromatic heterocycles. The topological polar surface area (TPSA) is 72.8 Å². The lowest BCUT2D eigenvalue weighted by atomic mass is 10.1. The third-order valence-corrected chi connectivity index (χ3v) is 2.01. The smallest absolute Gasteiger partial charge is 0.336 e. The van der Waals surface area contributed by atoms with E-state index < -0.39 is 24.0 Å². The summed E-state index contributed by atoms with van der Waals surface area (Å²) < 4.78 is 10.3. The molecule has 0 radical (unpaired) electrons. The van der Waals surface area contributed by atoms with Gasteiger partial charge in [-0.3, -0.25) is 4.79 Å². The number of hydrogen-bond acceptors (Lipinski definition) is 4. The molecule has 80 valence electrons. The molecule has 5 nitrogen and oxygen atoms in total. The van der Waals surface area contributed by atoms with Crippen molar-refractivity contribution < 1.29 is 24.2 Å². The Morgan fingerprint density at radius 2 is 1.79 bits per heavy atom. The van der Waals surface area contributed by atoms with Crippen LogP contribution in [0.1, 0.15) is 27.2 Å². The molecule has 14 heavy (non-hydrogen) atoms. The molecule has 1 fully saturated rings. The van der Waals surface area contributed by atoms with Gasteiger partial charge in [0.1, 0.15) is 0 Å². The van der Waals surface area contributed by atoms with Gasteiger partial charge >= 0.3 is 5.97 Å². The predicted molar refractivity (Wildman–Crippen MR) is 46.8 cm³/mol. The van der Waals surface area contributed by atoms with Gasteiger partial charge in [-0.2, -0.15) is 0 Å². The number of ketones is 1. The van der Waals surface area contributed by atoms with Crippen molar-refractivity contribution in [1.82, 2.24) is 0 Å². The molecule has 0 aromatic carbocycles. The second kappa shape index (κ2) is 3.67. The number of carboxylic acids is 1. The Hall–Kier alpha value is -0.940. The molecular formula is C9H14O5. The van der Waals surface area contributed by atoms with Crippen LogP contribution in [0, 0.1) is 0 Å². The number of rotatable bonds is 3. The van der Waals surface area contributed by atoms with Crippen molar-refractivity contribution in [2.45, 2.75) is 45.2 Å². The number of Topliss-reactive ketones (excluding diaryl/α,β-unsaturated/α-hetero) is 1. The molecular weight excluding hydrogens is 188 g/mol. The van der Waals surface area contributed by atoms with E-state index >= 15 is 0 Å². The standard InChI is InChI=1S/C9H14O5/c1-4-5(10)6-7(8(11)12)14-9(2,3)13-6/h6-7H,4H2,1-3H3,(H,11,12)/t6-,7?/m1/s1. The van der Waals surface area contributed by atoms with Crippen molar-refractivity contribution in [3.05, 3.63) is 0 Å². The Morgan fingerprint density at radius 1 is 1.29 bits per heavy atom. The van der Waals surface area contributed by atoms with E-state index in [2.05, 4.69) is 0 Å². The maximum atomic E-state index is 11.3. The van der Waals surface area contributed by atoms with Crippen LogP contribution >= 0.6 is 0 Å². The van der Waals surface area contributed by atoms with Crippen molar-refractivity contribution in [3.8, 4) is 0 Å². The lowest BCUT2D eigenvalue weighted by Gasteiger charge is -2.15. The highest BCUT2D eigenvalue weighted by atomic mass is 16.8. The van der Waals surface area contributed by atoms with Crippen molar-refractivity contribution in [3.63, 3.8) is 0 Å². The number of carbonyl (C=O) groups excluding carboxylic acids is 1. The zero-order valence-corrected chi connectivity index (χ0v) is 8.44. The van der Waals surface area contributed by atoms with Gasteiger partial charge in [-0.1, -0.05) is 6.92 Å². The first-order chi connectivity index (χ1) is 6.37. The lowest BCUT2D eigenvalue weighted by molar-refractivity contribution is -0.166. The molecule has 0 amide bonds. The fraction of sp³-hybridized carbons (Fsp3) is 0.778. The normalized spacial score (nSPS) is 30.2. The van der Waals surface area contributed by atoms with E-state index in [-0.39, 0.29) is 12.2 Å². The Bertz CT molecular complexity index is 258. The van der Waals surface area contributed by atoms with E-state index in [1.54, 1.807) is 20.8 Å². The Morgan fingerprint density at radius 3 is 2.21 bits per heavy atom. The molecule has 0 aliphatic carbocycles. The molecule has 1 unspecified atom stereocenters. The van der Waals surface area contributed by atoms with Crippen LogP contribution in [0.2, 0.25) is 0 Å². The van der Waals surface area contributed by atoms with E-state index in [9.17, 15) is 9.59 Å². The summed E-state index contributed by atoms with van der Waals surface area (Å²) in [6.07, 6.45) is -1.92. The summed E-state index contributed by atoms with van der Waals surface area (Å²) in [7, 11) is 0. The molecule has 0 spiro atoms. The molecule has 5 heteroatoms. The molecule has 2 atom stereocenters. The summed E-state index contributed by atoms with van der Waals surface area (Å²) in [5.41, 5.74) is 0. The molecule has 1 heterocycles. The fourth-order valence-corrected chi connectivity index (χ4v) is 1.38. The third-order valence-electron chi connectivity index (χ3n) is 2.01. The summed E-state index contributed by atoms with van der Waals surface area (Å²) in [4.78, 5) is 22.1. The maximum Gasteiger partial charge on any atom is 0.336 e. The highest BCUT2D eigenvalue weighted by molar-refractivity contribution is 5.89. The highest BCUT2D eigenvalue weighted by Crippen LogP contribution is 2.29. The van der Waals surface area contributed by atoms with Crippen LogP contribution < -0.4 is 0 Å². The SMILES string of the molecule is CCC(=O)[C@H]1OC(C)(C)OC1C(=O)O. The quantitative estimate of drug-likeness (QED) is 0.724. The second-order valence-electron chi connectivity index (χ2n) is 3.63. The molecule has 0 aromatic rings. The first-order valence-electron chi connectivity index (χ1n) is 4.48. The van der Waals surface area contributed by atoms with E-state index in [0.717, 1.165) is 0 Å². The molecule has 0 bridgehead atoms. The van der Waals surface area contributed by atoms with Gasteiger partial charge in [0.2, 0.25) is 0 Å². The maximum absolute atomic E-state index is 11.3. The van der Waals surface area contributed by atoms with Crippen LogP contribution in [0.25, 0.3) is 0 Å². The molecule has 1 N–H and O–H groups in total. The van der Waals surface area contributed by atoms with Crippen LogP contribution in [0.4, 0.5) is 0 Å². The Labute approximate surface area is 82.0 Å². The second-order valence-corrected chi connectivity index (χ2v) is 3.63. The summed E-state index contributed by atoms with van der Waals surface area (Å²) in [6.45, 7) is 4.84. The molecule has 1 saturated heterocycles. The van der Waals surface area contributed by atoms with Crippen molar-refractivity contribution in [2.24, 2.45) is 0 Å². The average Bonchev–Trinajstić information content (AvgIpc) is 2.40. The van der Waals surface area contributed by atoms with Gasteiger partial charge in [-0.25, -0.2) is 4.79 Å². The van der Waals surface area contributed by atoms with Gasteiger partial charge in [0.05, 0.1) is 0 Å². The summed E-state index contributed by atoms with van der Waals surface area (Å²) in [5, 5.41) is 8.80. The minimum absolute atomic E-state index is 0.244. The first-order valence-corrected chi connectivity index (χ1v) is 4.48. The van der Waals surface area contributed by atoms with Crippen molar-refractivity contribution >= 4 is 11.8 Å². The minimum atomic E-state index is -1.18. The van der Waals surface area contributed by atoms with Gasteiger partial charge in [0, 0.05) is 6.42 Å². The lowest BCUT2D eigenvalue weighted by Crippen LogP contribution is -2.36. The zero-order valence-electron chi connectivity index (χ0n) is 8.44. The average molecular weight is 202 g/mol. The molecule has 1 aliphatic rings. The van der Waals surface area contributed by atoms with Crippen LogP contribution in [0.5, 0.6) is 0 Å². The van der Waals surface area contributed by atoms with Gasteiger partial charge in [0.25, 0.3) is 0 Å². The van der Waals surface area contributed by atoms with Gasteiger partial charge in [-0.05, 0) is 13.8 Å². The van der Waals surface area contributed by atoms with Crippen molar-refractivity contribution in [2.75, 3.05) is 0 Å². The molecule has 0 saturated carbocycles. The van der Waals surface area contributed by atoms with Gasteiger partial charge in [-0.15, -0.1) is 0 Å². The third kappa shape index (κ3) is 2.10. The monoisotopic (exact) mass is 202 g/mol. The number of hydrogen-bond donors (Lipinski definition) is 1. The van der Waals surface area contributed by atoms with Crippen LogP contribution in [0.15, 0.2) is 0 Å². The Kier molecular flexibility index (Phi) is 2.92. The summed E-state index contributed by atoms with van der Waals surface area (Å²) in [5.74, 6) is -2.41. The van der Waals surface area contributed by atoms with E-state index in [0.29, 0.717) is 0 Å². The summed E-state index contributed by atoms with van der Waals surface area (Å²) in [6, 6.07) is 0. The molecule has 1 aliphatic heterocycles. The van der Waals surface area contributed by atoms with E-state index in [1.165, 1.54) is 0 Å². The van der Waals surface area contributed by atoms with Crippen LogP contribution in [-0.2, 0) is 19.1 Å². The summed E-state index contributed by atoms with van der Waals surface area (Å²) >= 11 is 0. The number of carbonyl (C=O) groups is 2. The van der Waals surface area contributed by atoms with Gasteiger partial charge < -0.3 is 14.6 Å². The van der Waals surface area contributed by atoms with E-state index in [1.807, 2.05) is 0 Å². The van der Waals surface area contributed by atoms with Crippen LogP contribution in [-0.4, -0.2) is 34.9 Å². The highest BCUT2D eigenvalue weighted by Gasteiger charge is 2.48. The van der Waals surface area contributed by atoms with E-state index in [4.69, 9.17) is 14.6 Å². The number of aliphatic carboxylic acids is 1. The molecule has 1 rings (SSSR count). The van der Waals surface area contributed by atoms with Gasteiger partial charge in [0.15, 0.2) is 23.8 Å². The Balaban J connectivity index is 2.83. The first kappa shape index (κ1) is 11.1. The largest absolute Gasteiger partial charge is 0.479 e. The van der Waals surface area contributed by atoms with Crippen molar-refractivity contribution in [1.29, 1.82) is 0 Å². The fourth-order valence-electron chi connectivity index (χ4n) is 1.38.